The number of piperazine rings is 1. The molecule has 1 unspecified atom stereocenters. The first-order valence-corrected chi connectivity index (χ1v) is 11.0. The molecule has 1 aliphatic rings. The molecule has 2 amide bonds. The van der Waals surface area contributed by atoms with Crippen molar-refractivity contribution in [3.63, 3.8) is 0 Å². The number of aromatic amines is 2. The number of hydrogen-bond donors (Lipinski definition) is 3. The van der Waals surface area contributed by atoms with Crippen molar-refractivity contribution in [2.24, 2.45) is 0 Å². The van der Waals surface area contributed by atoms with Crippen molar-refractivity contribution in [2.45, 2.75) is 32.7 Å². The minimum Gasteiger partial charge on any atom is -0.336 e. The zero-order valence-corrected chi connectivity index (χ0v) is 18.6. The summed E-state index contributed by atoms with van der Waals surface area (Å²) in [4.78, 5) is 46.3. The first-order chi connectivity index (χ1) is 15.3. The number of rotatable bonds is 5. The number of carbonyl (C=O) groups excluding carboxylic acids is 2. The number of nitrogens with zero attached hydrogens (tertiary/aromatic N) is 2. The molecule has 0 aliphatic carbocycles. The summed E-state index contributed by atoms with van der Waals surface area (Å²) < 4.78 is 0. The number of carbonyl (C=O) groups is 2. The normalized spacial score (nSPS) is 15.8. The van der Waals surface area contributed by atoms with E-state index >= 15 is 0 Å². The van der Waals surface area contributed by atoms with Gasteiger partial charge in [0.15, 0.2) is 0 Å². The minimum atomic E-state index is -0.335. The molecule has 1 fully saturated rings. The van der Waals surface area contributed by atoms with Gasteiger partial charge in [-0.2, -0.15) is 0 Å². The second-order valence-electron chi connectivity index (χ2n) is 8.61. The molecule has 0 radical (unpaired) electrons. The van der Waals surface area contributed by atoms with E-state index in [1.54, 1.807) is 18.2 Å². The largest absolute Gasteiger partial charge is 0.336 e. The van der Waals surface area contributed by atoms with Crippen LogP contribution in [0.3, 0.4) is 0 Å². The lowest BCUT2D eigenvalue weighted by Crippen LogP contribution is -2.54. The summed E-state index contributed by atoms with van der Waals surface area (Å²) in [7, 11) is 0. The number of aromatic nitrogens is 2. The Balaban J connectivity index is 1.32. The van der Waals surface area contributed by atoms with E-state index in [1.807, 2.05) is 36.1 Å². The Morgan fingerprint density at radius 1 is 0.906 bits per heavy atom. The van der Waals surface area contributed by atoms with Crippen LogP contribution in [-0.2, 0) is 4.79 Å². The van der Waals surface area contributed by atoms with Gasteiger partial charge in [-0.05, 0) is 48.7 Å². The van der Waals surface area contributed by atoms with Crippen molar-refractivity contribution in [1.29, 1.82) is 0 Å². The summed E-state index contributed by atoms with van der Waals surface area (Å²) in [6.07, 6.45) is 0. The molecule has 8 heteroatoms. The molecule has 3 aromatic rings. The minimum absolute atomic E-state index is 0.0332. The number of nitrogens with one attached hydrogen (secondary N) is 3. The highest BCUT2D eigenvalue weighted by Crippen LogP contribution is 2.18. The quantitative estimate of drug-likeness (QED) is 0.574. The summed E-state index contributed by atoms with van der Waals surface area (Å²) in [5, 5.41) is 2.92. The molecule has 1 atom stereocenters. The Kier molecular flexibility index (Phi) is 6.14. The van der Waals surface area contributed by atoms with Crippen LogP contribution in [0, 0.1) is 0 Å². The lowest BCUT2D eigenvalue weighted by atomic mass is 10.0. The summed E-state index contributed by atoms with van der Waals surface area (Å²) in [5.41, 5.74) is 3.61. The second-order valence-corrected chi connectivity index (χ2v) is 8.61. The molecule has 2 aromatic carbocycles. The lowest BCUT2D eigenvalue weighted by Gasteiger charge is -2.37. The van der Waals surface area contributed by atoms with E-state index < -0.39 is 0 Å². The van der Waals surface area contributed by atoms with Crippen LogP contribution in [0.1, 0.15) is 42.6 Å². The summed E-state index contributed by atoms with van der Waals surface area (Å²) >= 11 is 0. The molecular formula is C24H29N5O3. The molecular weight excluding hydrogens is 406 g/mol. The van der Waals surface area contributed by atoms with E-state index in [0.29, 0.717) is 54.4 Å². The van der Waals surface area contributed by atoms with Gasteiger partial charge in [-0.1, -0.05) is 26.0 Å². The fourth-order valence-corrected chi connectivity index (χ4v) is 4.03. The molecule has 168 valence electrons. The average Bonchev–Trinajstić information content (AvgIpc) is 3.17. The molecule has 1 aromatic heterocycles. The number of hydrogen-bond acceptors (Lipinski definition) is 4. The van der Waals surface area contributed by atoms with Crippen LogP contribution >= 0.6 is 0 Å². The SMILES string of the molecule is CC(C)c1ccc(C(=O)N2CCN(C(C)C(=O)Nc3ccc4[nH]c(=O)[nH]c4c3)CC2)cc1. The Morgan fingerprint density at radius 3 is 2.22 bits per heavy atom. The highest BCUT2D eigenvalue weighted by atomic mass is 16.2. The Hall–Kier alpha value is -3.39. The van der Waals surface area contributed by atoms with E-state index in [1.165, 1.54) is 5.56 Å². The average molecular weight is 436 g/mol. The molecule has 1 aliphatic heterocycles. The predicted octanol–water partition coefficient (Wildman–Crippen LogP) is 2.76. The number of amides is 2. The first-order valence-electron chi connectivity index (χ1n) is 11.0. The van der Waals surface area contributed by atoms with Crippen LogP contribution < -0.4 is 11.0 Å². The third kappa shape index (κ3) is 4.60. The van der Waals surface area contributed by atoms with Gasteiger partial charge >= 0.3 is 5.69 Å². The van der Waals surface area contributed by atoms with Gasteiger partial charge in [-0.15, -0.1) is 0 Å². The van der Waals surface area contributed by atoms with E-state index in [4.69, 9.17) is 0 Å². The van der Waals surface area contributed by atoms with Crippen LogP contribution in [0.4, 0.5) is 5.69 Å². The Bertz CT molecular complexity index is 1170. The van der Waals surface area contributed by atoms with Gasteiger partial charge < -0.3 is 20.2 Å². The Labute approximate surface area is 186 Å². The predicted molar refractivity (Wildman–Crippen MR) is 125 cm³/mol. The number of anilines is 1. The smallest absolute Gasteiger partial charge is 0.323 e. The Morgan fingerprint density at radius 2 is 1.56 bits per heavy atom. The van der Waals surface area contributed by atoms with Gasteiger partial charge in [0.25, 0.3) is 5.91 Å². The summed E-state index contributed by atoms with van der Waals surface area (Å²) in [6.45, 7) is 8.56. The van der Waals surface area contributed by atoms with Crippen LogP contribution in [0.2, 0.25) is 0 Å². The maximum atomic E-state index is 12.8. The lowest BCUT2D eigenvalue weighted by molar-refractivity contribution is -0.121. The van der Waals surface area contributed by atoms with Crippen molar-refractivity contribution >= 4 is 28.5 Å². The van der Waals surface area contributed by atoms with Crippen molar-refractivity contribution in [3.05, 3.63) is 64.1 Å². The van der Waals surface area contributed by atoms with Crippen LogP contribution in [-0.4, -0.2) is 63.8 Å². The molecule has 32 heavy (non-hydrogen) atoms. The standard InChI is InChI=1S/C24H29N5O3/c1-15(2)17-4-6-18(7-5-17)23(31)29-12-10-28(11-13-29)16(3)22(30)25-19-8-9-20-21(14-19)27-24(32)26-20/h4-9,14-16H,10-13H2,1-3H3,(H,25,30)(H2,26,27,32). The van der Waals surface area contributed by atoms with Crippen molar-refractivity contribution in [1.82, 2.24) is 19.8 Å². The monoisotopic (exact) mass is 435 g/mol. The number of benzene rings is 2. The van der Waals surface area contributed by atoms with Gasteiger partial charge in [-0.3, -0.25) is 14.5 Å². The van der Waals surface area contributed by atoms with Crippen molar-refractivity contribution < 1.29 is 9.59 Å². The molecule has 4 rings (SSSR count). The van der Waals surface area contributed by atoms with Gasteiger partial charge in [-0.25, -0.2) is 4.79 Å². The van der Waals surface area contributed by atoms with Gasteiger partial charge in [0.2, 0.25) is 5.91 Å². The number of H-pyrrole nitrogens is 2. The van der Waals surface area contributed by atoms with E-state index in [2.05, 4.69) is 34.0 Å². The highest BCUT2D eigenvalue weighted by Gasteiger charge is 2.28. The third-order valence-electron chi connectivity index (χ3n) is 6.14. The van der Waals surface area contributed by atoms with Gasteiger partial charge in [0.1, 0.15) is 0 Å². The molecule has 1 saturated heterocycles. The summed E-state index contributed by atoms with van der Waals surface area (Å²) in [6, 6.07) is 12.7. The molecule has 8 nitrogen and oxygen atoms in total. The number of fused-ring (bicyclic) bond motifs is 1. The summed E-state index contributed by atoms with van der Waals surface area (Å²) in [5.74, 6) is 0.347. The molecule has 3 N–H and O–H groups in total. The van der Waals surface area contributed by atoms with E-state index in [-0.39, 0.29) is 23.5 Å². The third-order valence-corrected chi connectivity index (χ3v) is 6.14. The molecule has 0 saturated carbocycles. The second kappa shape index (κ2) is 9.00. The van der Waals surface area contributed by atoms with Crippen molar-refractivity contribution in [3.8, 4) is 0 Å². The maximum absolute atomic E-state index is 12.8. The van der Waals surface area contributed by atoms with Gasteiger partial charge in [0.05, 0.1) is 17.1 Å². The highest BCUT2D eigenvalue weighted by molar-refractivity contribution is 5.96. The maximum Gasteiger partial charge on any atom is 0.323 e. The van der Waals surface area contributed by atoms with E-state index in [9.17, 15) is 14.4 Å². The first kappa shape index (κ1) is 21.8. The number of imidazole rings is 1. The molecule has 0 bridgehead atoms. The fraction of sp³-hybridized carbons (Fsp3) is 0.375. The zero-order valence-electron chi connectivity index (χ0n) is 18.6. The fourth-order valence-electron chi connectivity index (χ4n) is 4.03. The topological polar surface area (TPSA) is 101 Å². The van der Waals surface area contributed by atoms with Gasteiger partial charge in [0, 0.05) is 37.4 Å². The zero-order chi connectivity index (χ0) is 22.8. The van der Waals surface area contributed by atoms with Crippen LogP contribution in [0.15, 0.2) is 47.3 Å². The van der Waals surface area contributed by atoms with Crippen LogP contribution in [0.5, 0.6) is 0 Å². The van der Waals surface area contributed by atoms with Crippen LogP contribution in [0.25, 0.3) is 11.0 Å². The van der Waals surface area contributed by atoms with E-state index in [0.717, 1.165) is 0 Å². The molecule has 2 heterocycles. The molecule has 0 spiro atoms. The van der Waals surface area contributed by atoms with Crippen molar-refractivity contribution in [2.75, 3.05) is 31.5 Å².